The summed E-state index contributed by atoms with van der Waals surface area (Å²) in [4.78, 5) is 11.5. The molecule has 0 spiro atoms. The van der Waals surface area contributed by atoms with Gasteiger partial charge in [0.1, 0.15) is 0 Å². The predicted octanol–water partition coefficient (Wildman–Crippen LogP) is 0.812. The Morgan fingerprint density at radius 2 is 2.00 bits per heavy atom. The molecule has 96 valence electrons. The molecule has 4 heteroatoms. The number of hydrogen-bond acceptors (Lipinski definition) is 3. The smallest absolute Gasteiger partial charge is 0.221 e. The topological polar surface area (TPSA) is 50.4 Å². The summed E-state index contributed by atoms with van der Waals surface area (Å²) < 4.78 is 5.76. The van der Waals surface area contributed by atoms with Gasteiger partial charge < -0.3 is 15.4 Å². The standard InChI is InChI=1S/C13H22N2O2/c16-12(15-10-3-4-10)5-7-14-11-6-8-17-13(11)9-1-2-9/h9-11,13-14H,1-8H2,(H,15,16). The number of amides is 1. The SMILES string of the molecule is O=C(CCNC1CCOC1C1CC1)NC1CC1. The Morgan fingerprint density at radius 1 is 1.18 bits per heavy atom. The number of rotatable bonds is 6. The summed E-state index contributed by atoms with van der Waals surface area (Å²) in [7, 11) is 0. The second-order valence-electron chi connectivity index (χ2n) is 5.61. The van der Waals surface area contributed by atoms with Gasteiger partial charge in [-0.15, -0.1) is 0 Å². The highest BCUT2D eigenvalue weighted by Gasteiger charge is 2.40. The zero-order valence-electron chi connectivity index (χ0n) is 10.3. The van der Waals surface area contributed by atoms with Crippen molar-refractivity contribution in [1.29, 1.82) is 0 Å². The van der Waals surface area contributed by atoms with Crippen LogP contribution >= 0.6 is 0 Å². The van der Waals surface area contributed by atoms with E-state index < -0.39 is 0 Å². The van der Waals surface area contributed by atoms with Crippen molar-refractivity contribution in [2.24, 2.45) is 5.92 Å². The van der Waals surface area contributed by atoms with Crippen LogP contribution in [0, 0.1) is 5.92 Å². The van der Waals surface area contributed by atoms with Crippen molar-refractivity contribution in [2.75, 3.05) is 13.2 Å². The number of carbonyl (C=O) groups is 1. The summed E-state index contributed by atoms with van der Waals surface area (Å²) in [6, 6.07) is 0.966. The zero-order valence-corrected chi connectivity index (χ0v) is 10.3. The van der Waals surface area contributed by atoms with Gasteiger partial charge in [-0.25, -0.2) is 0 Å². The Bertz CT molecular complexity index is 287. The largest absolute Gasteiger partial charge is 0.376 e. The van der Waals surface area contributed by atoms with Crippen LogP contribution in [-0.2, 0) is 9.53 Å². The third-order valence-corrected chi connectivity index (χ3v) is 3.92. The van der Waals surface area contributed by atoms with E-state index in [0.717, 1.165) is 25.5 Å². The number of hydrogen-bond donors (Lipinski definition) is 2. The first kappa shape index (κ1) is 11.5. The lowest BCUT2D eigenvalue weighted by atomic mass is 10.1. The van der Waals surface area contributed by atoms with E-state index in [1.165, 1.54) is 25.7 Å². The van der Waals surface area contributed by atoms with Crippen LogP contribution in [0.2, 0.25) is 0 Å². The summed E-state index contributed by atoms with van der Waals surface area (Å²) >= 11 is 0. The molecule has 0 aromatic heterocycles. The van der Waals surface area contributed by atoms with Crippen LogP contribution < -0.4 is 10.6 Å². The van der Waals surface area contributed by atoms with Crippen LogP contribution in [0.3, 0.4) is 0 Å². The average molecular weight is 238 g/mol. The molecule has 1 heterocycles. The fraction of sp³-hybridized carbons (Fsp3) is 0.923. The summed E-state index contributed by atoms with van der Waals surface area (Å²) in [6.07, 6.45) is 7.10. The first-order valence-corrected chi connectivity index (χ1v) is 6.97. The lowest BCUT2D eigenvalue weighted by molar-refractivity contribution is -0.121. The molecule has 2 aliphatic carbocycles. The van der Waals surface area contributed by atoms with E-state index in [0.29, 0.717) is 24.6 Å². The van der Waals surface area contributed by atoms with Gasteiger partial charge in [-0.2, -0.15) is 0 Å². The van der Waals surface area contributed by atoms with Gasteiger partial charge in [0, 0.05) is 31.7 Å². The summed E-state index contributed by atoms with van der Waals surface area (Å²) in [6.45, 7) is 1.67. The molecular formula is C13H22N2O2. The highest BCUT2D eigenvalue weighted by atomic mass is 16.5. The maximum Gasteiger partial charge on any atom is 0.221 e. The zero-order chi connectivity index (χ0) is 11.7. The van der Waals surface area contributed by atoms with Crippen molar-refractivity contribution < 1.29 is 9.53 Å². The lowest BCUT2D eigenvalue weighted by Gasteiger charge is -2.19. The molecule has 3 rings (SSSR count). The normalized spacial score (nSPS) is 32.7. The highest BCUT2D eigenvalue weighted by Crippen LogP contribution is 2.38. The van der Waals surface area contributed by atoms with Crippen LogP contribution in [0.25, 0.3) is 0 Å². The molecule has 1 aliphatic heterocycles. The number of nitrogens with one attached hydrogen (secondary N) is 2. The lowest BCUT2D eigenvalue weighted by Crippen LogP contribution is -2.39. The molecule has 2 atom stereocenters. The van der Waals surface area contributed by atoms with Gasteiger partial charge in [-0.05, 0) is 38.0 Å². The Kier molecular flexibility index (Phi) is 3.34. The summed E-state index contributed by atoms with van der Waals surface area (Å²) in [5.74, 6) is 0.983. The van der Waals surface area contributed by atoms with Crippen LogP contribution in [0.5, 0.6) is 0 Å². The Hall–Kier alpha value is -0.610. The molecule has 17 heavy (non-hydrogen) atoms. The van der Waals surface area contributed by atoms with Gasteiger partial charge in [0.05, 0.1) is 6.10 Å². The maximum absolute atomic E-state index is 11.5. The average Bonchev–Trinajstić information content (AvgIpc) is 3.22. The monoisotopic (exact) mass is 238 g/mol. The minimum Gasteiger partial charge on any atom is -0.376 e. The van der Waals surface area contributed by atoms with Crippen molar-refractivity contribution in [3.05, 3.63) is 0 Å². The first-order valence-electron chi connectivity index (χ1n) is 6.97. The van der Waals surface area contributed by atoms with Gasteiger partial charge in [-0.3, -0.25) is 4.79 Å². The quantitative estimate of drug-likeness (QED) is 0.720. The second kappa shape index (κ2) is 4.94. The maximum atomic E-state index is 11.5. The van der Waals surface area contributed by atoms with Gasteiger partial charge in [0.15, 0.2) is 0 Å². The van der Waals surface area contributed by atoms with E-state index in [1.54, 1.807) is 0 Å². The minimum absolute atomic E-state index is 0.196. The Morgan fingerprint density at radius 3 is 2.71 bits per heavy atom. The molecule has 2 saturated carbocycles. The van der Waals surface area contributed by atoms with Gasteiger partial charge >= 0.3 is 0 Å². The van der Waals surface area contributed by atoms with Crippen molar-refractivity contribution in [3.63, 3.8) is 0 Å². The van der Waals surface area contributed by atoms with E-state index in [4.69, 9.17) is 4.74 Å². The third kappa shape index (κ3) is 3.19. The fourth-order valence-corrected chi connectivity index (χ4v) is 2.62. The van der Waals surface area contributed by atoms with Crippen molar-refractivity contribution in [2.45, 2.75) is 56.7 Å². The molecule has 0 aromatic rings. The molecule has 0 radical (unpaired) electrons. The Balaban J connectivity index is 1.33. The second-order valence-corrected chi connectivity index (χ2v) is 5.61. The molecule has 0 bridgehead atoms. The molecule has 1 amide bonds. The molecule has 4 nitrogen and oxygen atoms in total. The molecular weight excluding hydrogens is 216 g/mol. The van der Waals surface area contributed by atoms with Gasteiger partial charge in [0.2, 0.25) is 5.91 Å². The first-order chi connectivity index (χ1) is 8.33. The van der Waals surface area contributed by atoms with Crippen LogP contribution in [-0.4, -0.2) is 37.2 Å². The van der Waals surface area contributed by atoms with Crippen molar-refractivity contribution >= 4 is 5.91 Å². The van der Waals surface area contributed by atoms with E-state index in [1.807, 2.05) is 0 Å². The molecule has 0 aromatic carbocycles. The predicted molar refractivity (Wildman–Crippen MR) is 64.7 cm³/mol. The van der Waals surface area contributed by atoms with Crippen molar-refractivity contribution in [1.82, 2.24) is 10.6 Å². The molecule has 3 fully saturated rings. The minimum atomic E-state index is 0.196. The van der Waals surface area contributed by atoms with E-state index in [2.05, 4.69) is 10.6 Å². The molecule has 3 aliphatic rings. The number of carbonyl (C=O) groups excluding carboxylic acids is 1. The van der Waals surface area contributed by atoms with Crippen molar-refractivity contribution in [3.8, 4) is 0 Å². The van der Waals surface area contributed by atoms with Gasteiger partial charge in [0.25, 0.3) is 0 Å². The summed E-state index contributed by atoms with van der Waals surface area (Å²) in [5.41, 5.74) is 0. The molecule has 1 saturated heterocycles. The number of ether oxygens (including phenoxy) is 1. The van der Waals surface area contributed by atoms with E-state index in [-0.39, 0.29) is 5.91 Å². The Labute approximate surface area is 102 Å². The van der Waals surface area contributed by atoms with Crippen LogP contribution in [0.4, 0.5) is 0 Å². The van der Waals surface area contributed by atoms with Crippen LogP contribution in [0.15, 0.2) is 0 Å². The fourth-order valence-electron chi connectivity index (χ4n) is 2.62. The third-order valence-electron chi connectivity index (χ3n) is 3.92. The van der Waals surface area contributed by atoms with Crippen LogP contribution in [0.1, 0.15) is 38.5 Å². The summed E-state index contributed by atoms with van der Waals surface area (Å²) in [5, 5.41) is 6.51. The van der Waals surface area contributed by atoms with Gasteiger partial charge in [-0.1, -0.05) is 0 Å². The molecule has 2 unspecified atom stereocenters. The molecule has 2 N–H and O–H groups in total. The van der Waals surface area contributed by atoms with E-state index >= 15 is 0 Å². The highest BCUT2D eigenvalue weighted by molar-refractivity contribution is 5.76. The van der Waals surface area contributed by atoms with E-state index in [9.17, 15) is 4.79 Å².